The van der Waals surface area contributed by atoms with Crippen molar-refractivity contribution in [2.24, 2.45) is 9.98 Å². The van der Waals surface area contributed by atoms with Crippen LogP contribution >= 0.6 is 0 Å². The van der Waals surface area contributed by atoms with Gasteiger partial charge in [0.25, 0.3) is 0 Å². The molecule has 1 aromatic heterocycles. The molecule has 0 saturated heterocycles. The normalized spacial score (nSPS) is 19.0. The van der Waals surface area contributed by atoms with E-state index in [0.29, 0.717) is 0 Å². The fourth-order valence-electron chi connectivity index (χ4n) is 2.19. The molecule has 0 bridgehead atoms. The van der Waals surface area contributed by atoms with Gasteiger partial charge in [0.05, 0.1) is 6.54 Å². The van der Waals surface area contributed by atoms with Gasteiger partial charge in [-0.2, -0.15) is 0 Å². The lowest BCUT2D eigenvalue weighted by Gasteiger charge is -2.35. The molecule has 0 saturated carbocycles. The number of hydrogen-bond acceptors (Lipinski definition) is 5. The minimum atomic E-state index is -0.0466. The highest BCUT2D eigenvalue weighted by atomic mass is 15.5. The average molecular weight is 262 g/mol. The summed E-state index contributed by atoms with van der Waals surface area (Å²) >= 11 is 0. The number of H-pyrrole nitrogens is 1. The van der Waals surface area contributed by atoms with Gasteiger partial charge in [-0.3, -0.25) is 4.90 Å². The summed E-state index contributed by atoms with van der Waals surface area (Å²) in [4.78, 5) is 18.5. The molecule has 1 aliphatic rings. The molecule has 1 N–H and O–H groups in total. The number of aliphatic imine (C=N–C) groups is 2. The summed E-state index contributed by atoms with van der Waals surface area (Å²) in [6.07, 6.45) is 1.89. The maximum Gasteiger partial charge on any atom is 0.205 e. The van der Waals surface area contributed by atoms with Crippen molar-refractivity contribution in [2.45, 2.75) is 19.6 Å². The van der Waals surface area contributed by atoms with Gasteiger partial charge in [-0.15, -0.1) is 0 Å². The third kappa shape index (κ3) is 2.89. The molecule has 0 aromatic carbocycles. The molecule has 0 spiro atoms. The summed E-state index contributed by atoms with van der Waals surface area (Å²) in [5, 5.41) is 0. The fraction of sp³-hybridized carbons (Fsp3) is 0.538. The van der Waals surface area contributed by atoms with Crippen LogP contribution in [-0.2, 0) is 6.54 Å². The highest BCUT2D eigenvalue weighted by molar-refractivity contribution is 5.99. The van der Waals surface area contributed by atoms with Gasteiger partial charge >= 0.3 is 0 Å². The van der Waals surface area contributed by atoms with E-state index in [1.165, 1.54) is 5.69 Å². The van der Waals surface area contributed by atoms with Crippen molar-refractivity contribution in [3.63, 3.8) is 0 Å². The van der Waals surface area contributed by atoms with Crippen molar-refractivity contribution < 1.29 is 0 Å². The molecular formula is C13H22N6. The van der Waals surface area contributed by atoms with E-state index in [-0.39, 0.29) is 6.17 Å². The Hall–Kier alpha value is -1.98. The summed E-state index contributed by atoms with van der Waals surface area (Å²) in [6.45, 7) is 2.79. The van der Waals surface area contributed by atoms with E-state index in [9.17, 15) is 0 Å². The summed E-state index contributed by atoms with van der Waals surface area (Å²) in [5.41, 5.74) is 1.17. The predicted octanol–water partition coefficient (Wildman–Crippen LogP) is 1.01. The zero-order chi connectivity index (χ0) is 14.0. The first-order chi connectivity index (χ1) is 8.99. The molecule has 1 atom stereocenters. The van der Waals surface area contributed by atoms with Crippen LogP contribution in [0.15, 0.2) is 28.3 Å². The molecule has 1 aliphatic heterocycles. The predicted molar refractivity (Wildman–Crippen MR) is 78.0 cm³/mol. The molecule has 0 radical (unpaired) electrons. The fourth-order valence-corrected chi connectivity index (χ4v) is 2.19. The second-order valence-electron chi connectivity index (χ2n) is 4.99. The Labute approximate surface area is 114 Å². The zero-order valence-electron chi connectivity index (χ0n) is 12.3. The average Bonchev–Trinajstić information content (AvgIpc) is 2.84. The van der Waals surface area contributed by atoms with Gasteiger partial charge < -0.3 is 14.8 Å². The van der Waals surface area contributed by atoms with Crippen LogP contribution in [0.1, 0.15) is 12.6 Å². The third-order valence-corrected chi connectivity index (χ3v) is 3.02. The minimum absolute atomic E-state index is 0.0466. The molecule has 0 fully saturated rings. The van der Waals surface area contributed by atoms with Crippen molar-refractivity contribution in [1.82, 2.24) is 19.7 Å². The molecule has 0 amide bonds. The molecule has 104 valence electrons. The number of guanidine groups is 2. The van der Waals surface area contributed by atoms with Crippen LogP contribution < -0.4 is 0 Å². The first kappa shape index (κ1) is 13.5. The lowest BCUT2D eigenvalue weighted by molar-refractivity contribution is 0.402. The van der Waals surface area contributed by atoms with Crippen molar-refractivity contribution in [2.75, 3.05) is 28.2 Å². The van der Waals surface area contributed by atoms with Gasteiger partial charge in [0.2, 0.25) is 11.9 Å². The van der Waals surface area contributed by atoms with E-state index in [0.717, 1.165) is 18.5 Å². The summed E-state index contributed by atoms with van der Waals surface area (Å²) in [7, 11) is 8.03. The van der Waals surface area contributed by atoms with Crippen LogP contribution in [0.3, 0.4) is 0 Å². The zero-order valence-corrected chi connectivity index (χ0v) is 12.3. The van der Waals surface area contributed by atoms with Crippen molar-refractivity contribution in [3.05, 3.63) is 24.0 Å². The third-order valence-electron chi connectivity index (χ3n) is 3.02. The summed E-state index contributed by atoms with van der Waals surface area (Å²) in [6, 6.07) is 4.08. The van der Waals surface area contributed by atoms with Crippen LogP contribution in [0.2, 0.25) is 0 Å². The van der Waals surface area contributed by atoms with E-state index in [4.69, 9.17) is 0 Å². The molecule has 0 aliphatic carbocycles. The first-order valence-corrected chi connectivity index (χ1v) is 6.39. The first-order valence-electron chi connectivity index (χ1n) is 6.39. The van der Waals surface area contributed by atoms with Crippen LogP contribution in [0.25, 0.3) is 0 Å². The number of nitrogens with one attached hydrogen (secondary N) is 1. The number of aromatic amines is 1. The van der Waals surface area contributed by atoms with E-state index >= 15 is 0 Å². The van der Waals surface area contributed by atoms with Gasteiger partial charge in [-0.25, -0.2) is 9.98 Å². The number of hydrogen-bond donors (Lipinski definition) is 1. The minimum Gasteiger partial charge on any atom is -0.364 e. The topological polar surface area (TPSA) is 50.2 Å². The number of rotatable bonds is 2. The molecule has 1 unspecified atom stereocenters. The van der Waals surface area contributed by atoms with Crippen LogP contribution in [-0.4, -0.2) is 66.0 Å². The van der Waals surface area contributed by atoms with Gasteiger partial charge in [-0.1, -0.05) is 0 Å². The molecule has 2 rings (SSSR count). The monoisotopic (exact) mass is 262 g/mol. The van der Waals surface area contributed by atoms with Gasteiger partial charge in [0, 0.05) is 40.1 Å². The Balaban J connectivity index is 2.15. The highest BCUT2D eigenvalue weighted by Gasteiger charge is 2.24. The van der Waals surface area contributed by atoms with Crippen molar-refractivity contribution in [1.29, 1.82) is 0 Å². The van der Waals surface area contributed by atoms with E-state index in [2.05, 4.69) is 25.9 Å². The molecular weight excluding hydrogens is 240 g/mol. The molecule has 19 heavy (non-hydrogen) atoms. The Kier molecular flexibility index (Phi) is 3.78. The Morgan fingerprint density at radius 1 is 1.26 bits per heavy atom. The lowest BCUT2D eigenvalue weighted by Crippen LogP contribution is -2.50. The summed E-state index contributed by atoms with van der Waals surface area (Å²) < 4.78 is 0. The molecule has 2 heterocycles. The maximum absolute atomic E-state index is 4.62. The largest absolute Gasteiger partial charge is 0.364 e. The maximum atomic E-state index is 4.62. The van der Waals surface area contributed by atoms with E-state index in [1.807, 2.05) is 57.2 Å². The quantitative estimate of drug-likeness (QED) is 0.865. The number of nitrogens with zero attached hydrogens (tertiary/aromatic N) is 5. The highest BCUT2D eigenvalue weighted by Crippen LogP contribution is 2.11. The SMILES string of the molecule is CC1N=C(N(C)C)N(C)C(N(C)Cc2ccc[nH]2)=N1. The van der Waals surface area contributed by atoms with E-state index < -0.39 is 0 Å². The smallest absolute Gasteiger partial charge is 0.205 e. The van der Waals surface area contributed by atoms with Crippen LogP contribution in [0, 0.1) is 0 Å². The second-order valence-corrected chi connectivity index (χ2v) is 4.99. The Morgan fingerprint density at radius 3 is 2.53 bits per heavy atom. The van der Waals surface area contributed by atoms with E-state index in [1.54, 1.807) is 0 Å². The van der Waals surface area contributed by atoms with Gasteiger partial charge in [-0.05, 0) is 19.1 Å². The lowest BCUT2D eigenvalue weighted by atomic mass is 10.4. The van der Waals surface area contributed by atoms with Gasteiger partial charge in [0.1, 0.15) is 6.17 Å². The molecule has 6 heteroatoms. The Bertz CT molecular complexity index is 473. The Morgan fingerprint density at radius 2 is 1.95 bits per heavy atom. The van der Waals surface area contributed by atoms with Crippen LogP contribution in [0.5, 0.6) is 0 Å². The van der Waals surface area contributed by atoms with Crippen LogP contribution in [0.4, 0.5) is 0 Å². The second kappa shape index (κ2) is 5.34. The van der Waals surface area contributed by atoms with Gasteiger partial charge in [0.15, 0.2) is 0 Å². The van der Waals surface area contributed by atoms with Crippen molar-refractivity contribution in [3.8, 4) is 0 Å². The molecule has 6 nitrogen and oxygen atoms in total. The number of aromatic nitrogens is 1. The van der Waals surface area contributed by atoms with Crippen molar-refractivity contribution >= 4 is 11.9 Å². The standard InChI is InChI=1S/C13H22N6/c1-10-15-12(17(2)3)19(5)13(16-10)18(4)9-11-7-6-8-14-11/h6-8,10,14H,9H2,1-5H3. The summed E-state index contributed by atoms with van der Waals surface area (Å²) in [5.74, 6) is 1.86. The molecule has 1 aromatic rings.